The van der Waals surface area contributed by atoms with Gasteiger partial charge < -0.3 is 15.0 Å². The number of amides is 2. The molecule has 1 aliphatic heterocycles. The summed E-state index contributed by atoms with van der Waals surface area (Å²) in [6, 6.07) is 11.9. The summed E-state index contributed by atoms with van der Waals surface area (Å²) in [4.78, 5) is 38.0. The zero-order valence-corrected chi connectivity index (χ0v) is 15.7. The highest BCUT2D eigenvalue weighted by Gasteiger charge is 2.38. The quantitative estimate of drug-likeness (QED) is 0.754. The summed E-state index contributed by atoms with van der Waals surface area (Å²) in [6.07, 6.45) is -0.00382. The maximum absolute atomic E-state index is 13.5. The van der Waals surface area contributed by atoms with Gasteiger partial charge in [-0.3, -0.25) is 14.4 Å². The number of hydrogen-bond acceptors (Lipinski definition) is 4. The number of benzene rings is 2. The zero-order valence-electron chi connectivity index (χ0n) is 15.7. The van der Waals surface area contributed by atoms with Gasteiger partial charge in [-0.05, 0) is 24.6 Å². The molecule has 0 bridgehead atoms. The lowest BCUT2D eigenvalue weighted by atomic mass is 10.1. The number of hydrogen-bond donors (Lipinski definition) is 1. The Morgan fingerprint density at radius 3 is 2.66 bits per heavy atom. The molecule has 1 N–H and O–H groups in total. The van der Waals surface area contributed by atoms with Crippen molar-refractivity contribution in [1.82, 2.24) is 4.90 Å². The first-order valence-electron chi connectivity index (χ1n) is 9.11. The molecule has 0 unspecified atom stereocenters. The van der Waals surface area contributed by atoms with E-state index >= 15 is 0 Å². The fourth-order valence-electron chi connectivity index (χ4n) is 3.21. The van der Waals surface area contributed by atoms with Crippen LogP contribution in [0.5, 0.6) is 0 Å². The van der Waals surface area contributed by atoms with Crippen LogP contribution in [0, 0.1) is 17.6 Å². The fourth-order valence-corrected chi connectivity index (χ4v) is 3.21. The summed E-state index contributed by atoms with van der Waals surface area (Å²) >= 11 is 0. The number of esters is 1. The molecule has 2 amide bonds. The lowest BCUT2D eigenvalue weighted by molar-refractivity contribution is -0.151. The van der Waals surface area contributed by atoms with Crippen molar-refractivity contribution in [2.75, 3.05) is 18.5 Å². The fraction of sp³-hybridized carbons (Fsp3) is 0.286. The van der Waals surface area contributed by atoms with Gasteiger partial charge in [0.15, 0.2) is 6.61 Å². The number of carbonyl (C=O) groups is 3. The zero-order chi connectivity index (χ0) is 21.0. The molecular formula is C21H20F2N2O4. The Hall–Kier alpha value is -3.29. The minimum absolute atomic E-state index is 0.00382. The van der Waals surface area contributed by atoms with Crippen molar-refractivity contribution >= 4 is 23.5 Å². The Bertz CT molecular complexity index is 920. The molecule has 1 aliphatic rings. The van der Waals surface area contributed by atoms with Gasteiger partial charge in [0.1, 0.15) is 11.6 Å². The molecule has 0 saturated carbocycles. The summed E-state index contributed by atoms with van der Waals surface area (Å²) in [5.74, 6) is -3.87. The normalized spacial score (nSPS) is 17.1. The predicted molar refractivity (Wildman–Crippen MR) is 101 cm³/mol. The van der Waals surface area contributed by atoms with Crippen molar-refractivity contribution < 1.29 is 27.9 Å². The Kier molecular flexibility index (Phi) is 6.21. The molecule has 29 heavy (non-hydrogen) atoms. The van der Waals surface area contributed by atoms with Gasteiger partial charge in [-0.25, -0.2) is 8.78 Å². The molecule has 2 aromatic rings. The second kappa shape index (κ2) is 8.81. The predicted octanol–water partition coefficient (Wildman–Crippen LogP) is 3.06. The second-order valence-corrected chi connectivity index (χ2v) is 6.81. The molecule has 2 atom stereocenters. The van der Waals surface area contributed by atoms with Crippen molar-refractivity contribution in [3.8, 4) is 0 Å². The van der Waals surface area contributed by atoms with E-state index in [2.05, 4.69) is 5.32 Å². The SMILES string of the molecule is C[C@@H](c1ccccc1)N1C[C@H](C(=O)OCC(=O)Nc2cc(F)ccc2F)CC1=O. The highest BCUT2D eigenvalue weighted by Crippen LogP contribution is 2.29. The van der Waals surface area contributed by atoms with Crippen LogP contribution in [0.4, 0.5) is 14.5 Å². The molecule has 1 fully saturated rings. The van der Waals surface area contributed by atoms with E-state index in [-0.39, 0.29) is 30.6 Å². The van der Waals surface area contributed by atoms with Crippen molar-refractivity contribution in [2.45, 2.75) is 19.4 Å². The van der Waals surface area contributed by atoms with E-state index in [9.17, 15) is 23.2 Å². The molecule has 152 valence electrons. The third-order valence-corrected chi connectivity index (χ3v) is 4.79. The highest BCUT2D eigenvalue weighted by molar-refractivity contribution is 5.93. The van der Waals surface area contributed by atoms with Crippen LogP contribution in [0.2, 0.25) is 0 Å². The monoisotopic (exact) mass is 402 g/mol. The van der Waals surface area contributed by atoms with Gasteiger partial charge in [0.05, 0.1) is 17.6 Å². The van der Waals surface area contributed by atoms with Crippen molar-refractivity contribution in [1.29, 1.82) is 0 Å². The van der Waals surface area contributed by atoms with Crippen LogP contribution in [0.25, 0.3) is 0 Å². The van der Waals surface area contributed by atoms with Gasteiger partial charge in [-0.1, -0.05) is 30.3 Å². The number of carbonyl (C=O) groups excluding carboxylic acids is 3. The van der Waals surface area contributed by atoms with Crippen molar-refractivity contribution in [2.24, 2.45) is 5.92 Å². The molecule has 6 nitrogen and oxygen atoms in total. The van der Waals surface area contributed by atoms with Crippen LogP contribution in [-0.2, 0) is 19.1 Å². The van der Waals surface area contributed by atoms with E-state index < -0.39 is 36.0 Å². The average molecular weight is 402 g/mol. The standard InChI is InChI=1S/C21H20F2N2O4/c1-13(14-5-3-2-4-6-14)25-11-15(9-20(25)27)21(28)29-12-19(26)24-18-10-16(22)7-8-17(18)23/h2-8,10,13,15H,9,11-12H2,1H3,(H,24,26)/t13-,15+/m0/s1. The number of likely N-dealkylation sites (tertiary alicyclic amines) is 1. The Balaban J connectivity index is 1.53. The number of nitrogens with one attached hydrogen (secondary N) is 1. The van der Waals surface area contributed by atoms with Gasteiger partial charge in [0.2, 0.25) is 5.91 Å². The third-order valence-electron chi connectivity index (χ3n) is 4.79. The first-order chi connectivity index (χ1) is 13.8. The molecule has 0 aromatic heterocycles. The topological polar surface area (TPSA) is 75.7 Å². The third kappa shape index (κ3) is 4.96. The largest absolute Gasteiger partial charge is 0.455 e. The molecule has 3 rings (SSSR count). The Labute approximate surface area is 166 Å². The van der Waals surface area contributed by atoms with Crippen LogP contribution in [0.15, 0.2) is 48.5 Å². The van der Waals surface area contributed by atoms with E-state index in [0.29, 0.717) is 0 Å². The van der Waals surface area contributed by atoms with Crippen molar-refractivity contribution in [3.63, 3.8) is 0 Å². The van der Waals surface area contributed by atoms with Gasteiger partial charge in [-0.2, -0.15) is 0 Å². The maximum Gasteiger partial charge on any atom is 0.311 e. The van der Waals surface area contributed by atoms with Crippen LogP contribution < -0.4 is 5.32 Å². The van der Waals surface area contributed by atoms with E-state index in [0.717, 1.165) is 23.8 Å². The van der Waals surface area contributed by atoms with Gasteiger partial charge >= 0.3 is 5.97 Å². The lowest BCUT2D eigenvalue weighted by Crippen LogP contribution is -2.30. The summed E-state index contributed by atoms with van der Waals surface area (Å²) < 4.78 is 31.6. The summed E-state index contributed by atoms with van der Waals surface area (Å²) in [5.41, 5.74) is 0.608. The second-order valence-electron chi connectivity index (χ2n) is 6.81. The minimum atomic E-state index is -0.807. The first kappa shape index (κ1) is 20.4. The van der Waals surface area contributed by atoms with Crippen molar-refractivity contribution in [3.05, 3.63) is 65.7 Å². The van der Waals surface area contributed by atoms with E-state index in [4.69, 9.17) is 4.74 Å². The molecule has 1 saturated heterocycles. The van der Waals surface area contributed by atoms with Gasteiger partial charge in [-0.15, -0.1) is 0 Å². The lowest BCUT2D eigenvalue weighted by Gasteiger charge is -2.25. The molecule has 1 heterocycles. The molecule has 8 heteroatoms. The molecule has 0 aliphatic carbocycles. The molecule has 0 radical (unpaired) electrons. The number of ether oxygens (including phenoxy) is 1. The molecular weight excluding hydrogens is 382 g/mol. The Morgan fingerprint density at radius 2 is 1.93 bits per heavy atom. The van der Waals surface area contributed by atoms with Crippen LogP contribution >= 0.6 is 0 Å². The average Bonchev–Trinajstić information content (AvgIpc) is 3.10. The molecule has 2 aromatic carbocycles. The van der Waals surface area contributed by atoms with Gasteiger partial charge in [0, 0.05) is 19.0 Å². The smallest absolute Gasteiger partial charge is 0.311 e. The summed E-state index contributed by atoms with van der Waals surface area (Å²) in [6.45, 7) is 1.41. The van der Waals surface area contributed by atoms with Gasteiger partial charge in [0.25, 0.3) is 5.91 Å². The first-order valence-corrected chi connectivity index (χ1v) is 9.11. The van der Waals surface area contributed by atoms with E-state index in [1.165, 1.54) is 0 Å². The number of nitrogens with zero attached hydrogens (tertiary/aromatic N) is 1. The van der Waals surface area contributed by atoms with Crippen LogP contribution in [0.1, 0.15) is 24.9 Å². The minimum Gasteiger partial charge on any atom is -0.455 e. The van der Waals surface area contributed by atoms with Crippen LogP contribution in [0.3, 0.4) is 0 Å². The number of halogens is 2. The van der Waals surface area contributed by atoms with Crippen LogP contribution in [-0.4, -0.2) is 35.8 Å². The van der Waals surface area contributed by atoms with E-state index in [1.54, 1.807) is 4.90 Å². The highest BCUT2D eigenvalue weighted by atomic mass is 19.1. The number of rotatable bonds is 6. The Morgan fingerprint density at radius 1 is 1.21 bits per heavy atom. The summed E-state index contributed by atoms with van der Waals surface area (Å²) in [5, 5.41) is 2.15. The molecule has 0 spiro atoms. The number of anilines is 1. The summed E-state index contributed by atoms with van der Waals surface area (Å²) in [7, 11) is 0. The van der Waals surface area contributed by atoms with E-state index in [1.807, 2.05) is 37.3 Å². The maximum atomic E-state index is 13.5.